The van der Waals surface area contributed by atoms with E-state index in [2.05, 4.69) is 0 Å². The molecule has 0 amide bonds. The van der Waals surface area contributed by atoms with Crippen molar-refractivity contribution < 1.29 is 88.4 Å². The molecule has 0 bridgehead atoms. The predicted octanol–water partition coefficient (Wildman–Crippen LogP) is -5.08. The van der Waals surface area contributed by atoms with Gasteiger partial charge in [-0.25, -0.2) is 0 Å². The number of hydrogen-bond donors (Lipinski definition) is 0. The van der Waals surface area contributed by atoms with E-state index in [4.69, 9.17) is 9.47 Å². The molecule has 136 valence electrons. The smallest absolute Gasteiger partial charge is 0.545 e. The van der Waals surface area contributed by atoms with Crippen LogP contribution in [-0.2, 0) is 9.59 Å². The van der Waals surface area contributed by atoms with Gasteiger partial charge in [0.2, 0.25) is 0 Å². The Hall–Kier alpha value is -1.54. The summed E-state index contributed by atoms with van der Waals surface area (Å²) in [5.74, 6) is -0.914. The van der Waals surface area contributed by atoms with Gasteiger partial charge in [0.05, 0.1) is 26.2 Å². The van der Waals surface area contributed by atoms with Crippen molar-refractivity contribution in [2.24, 2.45) is 0 Å². The van der Waals surface area contributed by atoms with E-state index < -0.39 is 11.9 Å². The molecule has 0 spiro atoms. The minimum atomic E-state index is -1.20. The molecule has 0 fully saturated rings. The maximum absolute atomic E-state index is 10.1. The van der Waals surface area contributed by atoms with Gasteiger partial charge in [0.15, 0.2) is 0 Å². The predicted molar refractivity (Wildman–Crippen MR) is 94.1 cm³/mol. The van der Waals surface area contributed by atoms with Gasteiger partial charge in [-0.05, 0) is 47.5 Å². The number of rotatable bonds is 6. The molecule has 2 aromatic carbocycles. The summed E-state index contributed by atoms with van der Waals surface area (Å²) < 4.78 is 9.88. The fourth-order valence-electron chi connectivity index (χ4n) is 1.76. The molecule has 8 heteroatoms. The summed E-state index contributed by atoms with van der Waals surface area (Å²) in [6.45, 7) is 0. The quantitative estimate of drug-likeness (QED) is 0.356. The standard InChI is InChI=1S/2C10H10O3.2Na/c2*1-13-9-5-2-8(3-6-9)4-7-10(11)12;;/h2*2-7H,1H3,(H,11,12);;/q;;2*+1/p-2. The van der Waals surface area contributed by atoms with Crippen LogP contribution < -0.4 is 78.8 Å². The van der Waals surface area contributed by atoms with Crippen LogP contribution in [-0.4, -0.2) is 26.2 Å². The van der Waals surface area contributed by atoms with Gasteiger partial charge in [0.1, 0.15) is 11.5 Å². The molecule has 6 nitrogen and oxygen atoms in total. The van der Waals surface area contributed by atoms with Crippen LogP contribution in [0.4, 0.5) is 0 Å². The zero-order valence-corrected chi connectivity index (χ0v) is 20.4. The molecule has 0 saturated carbocycles. The average molecular weight is 400 g/mol. The monoisotopic (exact) mass is 400 g/mol. The second-order valence-corrected chi connectivity index (χ2v) is 4.85. The number of hydrogen-bond acceptors (Lipinski definition) is 6. The second-order valence-electron chi connectivity index (χ2n) is 4.85. The summed E-state index contributed by atoms with van der Waals surface area (Å²) in [6, 6.07) is 14.1. The molecule has 0 unspecified atom stereocenters. The van der Waals surface area contributed by atoms with Crippen LogP contribution in [0.5, 0.6) is 11.5 Å². The molecule has 0 atom stereocenters. The first kappa shape index (κ1) is 28.7. The maximum Gasteiger partial charge on any atom is 1.00 e. The molecule has 0 radical (unpaired) electrons. The Kier molecular flexibility index (Phi) is 16.8. The third kappa shape index (κ3) is 12.8. The zero-order chi connectivity index (χ0) is 19.4. The SMILES string of the molecule is COc1ccc(C=CC(=O)[O-])cc1.COc1ccc(C=CC(=O)[O-])cc1.[Na+].[Na+]. The molecule has 0 aromatic heterocycles. The van der Waals surface area contributed by atoms with Crippen LogP contribution in [0.2, 0.25) is 0 Å². The summed E-state index contributed by atoms with van der Waals surface area (Å²) in [6.07, 6.45) is 4.91. The van der Waals surface area contributed by atoms with Crippen molar-refractivity contribution in [2.45, 2.75) is 0 Å². The molecule has 0 saturated heterocycles. The van der Waals surface area contributed by atoms with Gasteiger partial charge < -0.3 is 29.3 Å². The zero-order valence-electron chi connectivity index (χ0n) is 16.4. The minimum absolute atomic E-state index is 0. The molecule has 2 aromatic rings. The van der Waals surface area contributed by atoms with Crippen molar-refractivity contribution in [3.8, 4) is 11.5 Å². The van der Waals surface area contributed by atoms with Crippen molar-refractivity contribution >= 4 is 24.1 Å². The van der Waals surface area contributed by atoms with Gasteiger partial charge >= 0.3 is 59.1 Å². The van der Waals surface area contributed by atoms with Crippen molar-refractivity contribution in [1.29, 1.82) is 0 Å². The summed E-state index contributed by atoms with van der Waals surface area (Å²) in [7, 11) is 3.15. The van der Waals surface area contributed by atoms with Crippen molar-refractivity contribution in [3.63, 3.8) is 0 Å². The molecule has 2 rings (SSSR count). The van der Waals surface area contributed by atoms with E-state index in [0.717, 1.165) is 34.8 Å². The molecular formula is C20H18Na2O6. The Balaban J connectivity index is 0. The van der Waals surface area contributed by atoms with E-state index in [1.165, 1.54) is 12.2 Å². The second kappa shape index (κ2) is 16.4. The molecule has 0 aliphatic rings. The normalized spacial score (nSPS) is 9.50. The Morgan fingerprint density at radius 3 is 1.18 bits per heavy atom. The number of carboxylic acid groups (broad SMARTS) is 2. The third-order valence-electron chi connectivity index (χ3n) is 3.06. The van der Waals surface area contributed by atoms with E-state index in [9.17, 15) is 19.8 Å². The molecule has 0 aliphatic carbocycles. The molecule has 0 heterocycles. The van der Waals surface area contributed by atoms with Gasteiger partial charge in [-0.3, -0.25) is 0 Å². The van der Waals surface area contributed by atoms with Gasteiger partial charge in [0.25, 0.3) is 0 Å². The Bertz CT molecular complexity index is 701. The van der Waals surface area contributed by atoms with Gasteiger partial charge in [0, 0.05) is 0 Å². The van der Waals surface area contributed by atoms with E-state index in [0.29, 0.717) is 0 Å². The first-order valence-corrected chi connectivity index (χ1v) is 7.51. The third-order valence-corrected chi connectivity index (χ3v) is 3.06. The van der Waals surface area contributed by atoms with E-state index >= 15 is 0 Å². The number of carbonyl (C=O) groups is 2. The van der Waals surface area contributed by atoms with E-state index in [1.54, 1.807) is 62.8 Å². The number of ether oxygens (including phenoxy) is 2. The number of methoxy groups -OCH3 is 2. The van der Waals surface area contributed by atoms with Crippen LogP contribution >= 0.6 is 0 Å². The van der Waals surface area contributed by atoms with Crippen LogP contribution in [0.15, 0.2) is 60.7 Å². The largest absolute Gasteiger partial charge is 1.00 e. The summed E-state index contributed by atoms with van der Waals surface area (Å²) in [5.41, 5.74) is 1.59. The molecular weight excluding hydrogens is 382 g/mol. The average Bonchev–Trinajstić information content (AvgIpc) is 2.66. The fourth-order valence-corrected chi connectivity index (χ4v) is 1.76. The topological polar surface area (TPSA) is 98.7 Å². The Labute approximate surface area is 208 Å². The summed E-state index contributed by atoms with van der Waals surface area (Å²) in [5, 5.41) is 20.1. The molecule has 28 heavy (non-hydrogen) atoms. The Morgan fingerprint density at radius 2 is 0.964 bits per heavy atom. The van der Waals surface area contributed by atoms with E-state index in [-0.39, 0.29) is 59.1 Å². The fraction of sp³-hybridized carbons (Fsp3) is 0.100. The van der Waals surface area contributed by atoms with Gasteiger partial charge in [-0.2, -0.15) is 0 Å². The summed E-state index contributed by atoms with van der Waals surface area (Å²) in [4.78, 5) is 20.1. The van der Waals surface area contributed by atoms with E-state index in [1.807, 2.05) is 0 Å². The van der Waals surface area contributed by atoms with Gasteiger partial charge in [-0.1, -0.05) is 36.4 Å². The van der Waals surface area contributed by atoms with Crippen molar-refractivity contribution in [2.75, 3.05) is 14.2 Å². The van der Waals surface area contributed by atoms with Crippen LogP contribution in [0.1, 0.15) is 11.1 Å². The first-order chi connectivity index (χ1) is 12.4. The van der Waals surface area contributed by atoms with Crippen LogP contribution in [0, 0.1) is 0 Å². The van der Waals surface area contributed by atoms with Crippen LogP contribution in [0.25, 0.3) is 12.2 Å². The summed E-state index contributed by atoms with van der Waals surface area (Å²) >= 11 is 0. The van der Waals surface area contributed by atoms with Gasteiger partial charge in [-0.15, -0.1) is 0 Å². The van der Waals surface area contributed by atoms with Crippen molar-refractivity contribution in [1.82, 2.24) is 0 Å². The first-order valence-electron chi connectivity index (χ1n) is 7.51. The number of carbonyl (C=O) groups excluding carboxylic acids is 2. The molecule has 0 aliphatic heterocycles. The van der Waals surface area contributed by atoms with Crippen LogP contribution in [0.3, 0.4) is 0 Å². The Morgan fingerprint density at radius 1 is 0.679 bits per heavy atom. The number of aliphatic carboxylic acids is 2. The molecule has 0 N–H and O–H groups in total. The maximum atomic E-state index is 10.1. The minimum Gasteiger partial charge on any atom is -0.545 e. The number of benzene rings is 2. The number of carboxylic acids is 2. The van der Waals surface area contributed by atoms with Crippen molar-refractivity contribution in [3.05, 3.63) is 71.8 Å².